The first kappa shape index (κ1) is 22.0. The van der Waals surface area contributed by atoms with Gasteiger partial charge in [0.15, 0.2) is 0 Å². The molecule has 1 heterocycles. The first-order chi connectivity index (χ1) is 14.0. The fourth-order valence-electron chi connectivity index (χ4n) is 3.35. The van der Waals surface area contributed by atoms with Crippen molar-refractivity contribution in [2.75, 3.05) is 15.9 Å². The van der Waals surface area contributed by atoms with Gasteiger partial charge in [0.05, 0.1) is 22.2 Å². The molecule has 0 bridgehead atoms. The summed E-state index contributed by atoms with van der Waals surface area (Å²) in [5.41, 5.74) is 2.73. The largest absolute Gasteiger partial charge is 0.324 e. The highest BCUT2D eigenvalue weighted by Gasteiger charge is 2.29. The van der Waals surface area contributed by atoms with Crippen molar-refractivity contribution >= 4 is 48.9 Å². The number of nitrogens with one attached hydrogen (secondary N) is 1. The third-order valence-electron chi connectivity index (χ3n) is 4.77. The first-order valence-corrected chi connectivity index (χ1v) is 12.2. The van der Waals surface area contributed by atoms with E-state index in [2.05, 4.69) is 5.32 Å². The lowest BCUT2D eigenvalue weighted by molar-refractivity contribution is -0.116. The lowest BCUT2D eigenvalue weighted by atomic mass is 10.2. The average molecular weight is 448 g/mol. The molecule has 3 rings (SSSR count). The molecule has 0 spiro atoms. The molecule has 1 atom stereocenters. The number of anilines is 2. The van der Waals surface area contributed by atoms with E-state index in [1.807, 2.05) is 20.8 Å². The number of hydrogen-bond donors (Lipinski definition) is 1. The molecule has 0 fully saturated rings. The van der Waals surface area contributed by atoms with Gasteiger partial charge in [-0.05, 0) is 58.0 Å². The molecule has 1 aromatic heterocycles. The van der Waals surface area contributed by atoms with Gasteiger partial charge in [-0.15, -0.1) is 0 Å². The average Bonchev–Trinajstić information content (AvgIpc) is 2.97. The molecule has 0 saturated carbocycles. The van der Waals surface area contributed by atoms with Crippen molar-refractivity contribution in [2.24, 2.45) is 0 Å². The predicted molar refractivity (Wildman–Crippen MR) is 123 cm³/mol. The van der Waals surface area contributed by atoms with Crippen LogP contribution in [0.4, 0.5) is 11.4 Å². The Kier molecular flexibility index (Phi) is 6.05. The molecule has 2 aromatic carbocycles. The van der Waals surface area contributed by atoms with E-state index in [-0.39, 0.29) is 10.9 Å². The molecule has 1 amide bonds. The van der Waals surface area contributed by atoms with Gasteiger partial charge in [0.25, 0.3) is 0 Å². The van der Waals surface area contributed by atoms with Gasteiger partial charge >= 0.3 is 4.87 Å². The number of benzene rings is 2. The fourth-order valence-corrected chi connectivity index (χ4v) is 5.58. The summed E-state index contributed by atoms with van der Waals surface area (Å²) in [6, 6.07) is 11.3. The van der Waals surface area contributed by atoms with Gasteiger partial charge in [-0.1, -0.05) is 29.0 Å². The van der Waals surface area contributed by atoms with Gasteiger partial charge in [-0.3, -0.25) is 18.5 Å². The molecule has 1 N–H and O–H groups in total. The lowest BCUT2D eigenvalue weighted by Gasteiger charge is -2.28. The molecule has 0 radical (unpaired) electrons. The second kappa shape index (κ2) is 8.23. The lowest BCUT2D eigenvalue weighted by Crippen LogP contribution is -2.45. The van der Waals surface area contributed by atoms with E-state index < -0.39 is 22.0 Å². The Morgan fingerprint density at radius 2 is 1.73 bits per heavy atom. The summed E-state index contributed by atoms with van der Waals surface area (Å²) >= 11 is 1.12. The fraction of sp³-hybridized carbons (Fsp3) is 0.333. The monoisotopic (exact) mass is 447 g/mol. The third kappa shape index (κ3) is 4.41. The van der Waals surface area contributed by atoms with Gasteiger partial charge in [0.1, 0.15) is 6.04 Å². The van der Waals surface area contributed by atoms with Crippen LogP contribution in [0.3, 0.4) is 0 Å². The van der Waals surface area contributed by atoms with E-state index >= 15 is 0 Å². The van der Waals surface area contributed by atoms with Crippen LogP contribution in [0.25, 0.3) is 10.2 Å². The maximum atomic E-state index is 12.9. The summed E-state index contributed by atoms with van der Waals surface area (Å²) in [5, 5.41) is 2.78. The second-order valence-corrected chi connectivity index (χ2v) is 10.4. The Morgan fingerprint density at radius 1 is 1.10 bits per heavy atom. The number of carbonyl (C=O) groups excluding carboxylic acids is 1. The van der Waals surface area contributed by atoms with Crippen molar-refractivity contribution in [2.45, 2.75) is 39.8 Å². The summed E-state index contributed by atoms with van der Waals surface area (Å²) in [5.74, 6) is -0.462. The van der Waals surface area contributed by atoms with E-state index in [9.17, 15) is 18.0 Å². The van der Waals surface area contributed by atoms with E-state index in [1.54, 1.807) is 54.0 Å². The molecule has 7 nitrogen and oxygen atoms in total. The van der Waals surface area contributed by atoms with E-state index in [1.165, 1.54) is 0 Å². The maximum absolute atomic E-state index is 12.9. The zero-order valence-electron chi connectivity index (χ0n) is 17.5. The van der Waals surface area contributed by atoms with Gasteiger partial charge in [-0.2, -0.15) is 0 Å². The summed E-state index contributed by atoms with van der Waals surface area (Å²) < 4.78 is 28.4. The Bertz CT molecular complexity index is 1240. The molecular weight excluding hydrogens is 422 g/mol. The van der Waals surface area contributed by atoms with Gasteiger partial charge in [-0.25, -0.2) is 8.42 Å². The van der Waals surface area contributed by atoms with Crippen molar-refractivity contribution in [3.05, 3.63) is 57.7 Å². The van der Waals surface area contributed by atoms with Gasteiger partial charge in [0.2, 0.25) is 15.9 Å². The zero-order valence-corrected chi connectivity index (χ0v) is 19.2. The molecule has 160 valence electrons. The minimum absolute atomic E-state index is 0.0320. The smallest absolute Gasteiger partial charge is 0.308 e. The van der Waals surface area contributed by atoms with Gasteiger partial charge < -0.3 is 5.32 Å². The number of nitrogens with zero attached hydrogens (tertiary/aromatic N) is 2. The summed E-state index contributed by atoms with van der Waals surface area (Å²) in [7, 11) is -3.68. The number of aromatic nitrogens is 1. The summed E-state index contributed by atoms with van der Waals surface area (Å²) in [6.45, 7) is 7.33. The highest BCUT2D eigenvalue weighted by Crippen LogP contribution is 2.26. The molecule has 0 aliphatic carbocycles. The summed E-state index contributed by atoms with van der Waals surface area (Å²) in [6.07, 6.45) is 1.08. The number of thiazole rings is 1. The minimum atomic E-state index is -3.68. The molecule has 30 heavy (non-hydrogen) atoms. The van der Waals surface area contributed by atoms with Crippen molar-refractivity contribution < 1.29 is 13.2 Å². The van der Waals surface area contributed by atoms with Crippen molar-refractivity contribution in [3.8, 4) is 0 Å². The number of hydrogen-bond acceptors (Lipinski definition) is 5. The third-order valence-corrected chi connectivity index (χ3v) is 6.93. The second-order valence-electron chi connectivity index (χ2n) is 7.57. The Balaban J connectivity index is 1.90. The Hall–Kier alpha value is -2.65. The predicted octanol–water partition coefficient (Wildman–Crippen LogP) is 3.75. The van der Waals surface area contributed by atoms with Crippen LogP contribution in [0.5, 0.6) is 0 Å². The van der Waals surface area contributed by atoms with Crippen LogP contribution in [0, 0.1) is 6.92 Å². The number of amides is 1. The number of rotatable bonds is 6. The number of carbonyl (C=O) groups is 1. The summed E-state index contributed by atoms with van der Waals surface area (Å²) in [4.78, 5) is 25.0. The maximum Gasteiger partial charge on any atom is 0.308 e. The SMILES string of the molecule is Cc1ccc(N(C(C)C(=O)Nc2ccc3c(c2)sc(=O)n3C(C)C)S(C)(=O)=O)cc1. The van der Waals surface area contributed by atoms with Crippen LogP contribution >= 0.6 is 11.3 Å². The molecule has 0 saturated heterocycles. The highest BCUT2D eigenvalue weighted by atomic mass is 32.2. The van der Waals surface area contributed by atoms with Crippen LogP contribution in [0.1, 0.15) is 32.4 Å². The zero-order chi connectivity index (χ0) is 22.2. The van der Waals surface area contributed by atoms with Crippen molar-refractivity contribution in [1.29, 1.82) is 0 Å². The Labute approximate surface area is 180 Å². The van der Waals surface area contributed by atoms with Crippen molar-refractivity contribution in [1.82, 2.24) is 4.57 Å². The molecule has 3 aromatic rings. The Morgan fingerprint density at radius 3 is 2.30 bits per heavy atom. The van der Waals surface area contributed by atoms with Crippen molar-refractivity contribution in [3.63, 3.8) is 0 Å². The first-order valence-electron chi connectivity index (χ1n) is 9.51. The molecule has 9 heteroatoms. The van der Waals surface area contributed by atoms with E-state index in [4.69, 9.17) is 0 Å². The van der Waals surface area contributed by atoms with Crippen LogP contribution in [-0.2, 0) is 14.8 Å². The quantitative estimate of drug-likeness (QED) is 0.623. The van der Waals surface area contributed by atoms with E-state index in [0.717, 1.165) is 37.7 Å². The van der Waals surface area contributed by atoms with E-state index in [0.29, 0.717) is 11.4 Å². The molecule has 0 aliphatic heterocycles. The number of aryl methyl sites for hydroxylation is 1. The highest BCUT2D eigenvalue weighted by molar-refractivity contribution is 7.92. The van der Waals surface area contributed by atoms with Gasteiger partial charge in [0, 0.05) is 11.7 Å². The standard InChI is InChI=1S/C21H25N3O4S2/c1-13(2)23-18-11-8-16(12-19(18)29-21(23)26)22-20(25)15(4)24(30(5,27)28)17-9-6-14(3)7-10-17/h6-13,15H,1-5H3,(H,22,25). The van der Waals surface area contributed by atoms with Crippen LogP contribution in [0.15, 0.2) is 47.3 Å². The van der Waals surface area contributed by atoms with Crippen LogP contribution in [-0.4, -0.2) is 31.2 Å². The molecule has 1 unspecified atom stereocenters. The normalized spacial score (nSPS) is 12.9. The topological polar surface area (TPSA) is 88.5 Å². The molecule has 0 aliphatic rings. The minimum Gasteiger partial charge on any atom is -0.324 e. The van der Waals surface area contributed by atoms with Crippen LogP contribution in [0.2, 0.25) is 0 Å². The number of sulfonamides is 1. The molecular formula is C21H25N3O4S2. The number of fused-ring (bicyclic) bond motifs is 1. The van der Waals surface area contributed by atoms with Crippen LogP contribution < -0.4 is 14.5 Å².